The molecule has 7 heteroatoms. The fraction of sp³-hybridized carbons (Fsp3) is 0.318. The molecule has 29 heavy (non-hydrogen) atoms. The lowest BCUT2D eigenvalue weighted by Gasteiger charge is -2.32. The molecule has 0 unspecified atom stereocenters. The molecule has 4 rings (SSSR count). The van der Waals surface area contributed by atoms with Crippen molar-refractivity contribution in [2.24, 2.45) is 5.92 Å². The molecule has 0 N–H and O–H groups in total. The van der Waals surface area contributed by atoms with Gasteiger partial charge in [-0.3, -0.25) is 19.3 Å². The van der Waals surface area contributed by atoms with Crippen molar-refractivity contribution >= 4 is 17.7 Å². The highest BCUT2D eigenvalue weighted by atomic mass is 19.1. The van der Waals surface area contributed by atoms with Crippen LogP contribution in [0.4, 0.5) is 4.39 Å². The van der Waals surface area contributed by atoms with E-state index in [0.29, 0.717) is 42.5 Å². The second kappa shape index (κ2) is 8.03. The van der Waals surface area contributed by atoms with Crippen LogP contribution in [0.3, 0.4) is 0 Å². The molecule has 150 valence electrons. The number of amides is 3. The van der Waals surface area contributed by atoms with Gasteiger partial charge in [0.15, 0.2) is 0 Å². The number of imide groups is 1. The molecule has 3 amide bonds. The summed E-state index contributed by atoms with van der Waals surface area (Å²) in [5.74, 6) is -0.443. The third kappa shape index (κ3) is 3.99. The molecule has 2 aliphatic heterocycles. The number of benzene rings is 2. The van der Waals surface area contributed by atoms with Crippen LogP contribution < -0.4 is 4.74 Å². The lowest BCUT2D eigenvalue weighted by molar-refractivity contribution is -0.133. The monoisotopic (exact) mass is 396 g/mol. The number of hydrogen-bond acceptors (Lipinski definition) is 4. The van der Waals surface area contributed by atoms with Crippen molar-refractivity contribution in [2.45, 2.75) is 12.8 Å². The van der Waals surface area contributed by atoms with E-state index in [2.05, 4.69) is 0 Å². The zero-order chi connectivity index (χ0) is 20.4. The molecule has 0 radical (unpaired) electrons. The number of nitrogens with zero attached hydrogens (tertiary/aromatic N) is 2. The van der Waals surface area contributed by atoms with E-state index in [-0.39, 0.29) is 18.3 Å². The van der Waals surface area contributed by atoms with Crippen molar-refractivity contribution < 1.29 is 23.5 Å². The molecule has 2 aromatic carbocycles. The maximum absolute atomic E-state index is 12.9. The van der Waals surface area contributed by atoms with Crippen molar-refractivity contribution in [3.05, 3.63) is 65.5 Å². The van der Waals surface area contributed by atoms with Gasteiger partial charge in [-0.1, -0.05) is 12.1 Å². The Labute approximate surface area is 167 Å². The number of rotatable bonds is 5. The van der Waals surface area contributed by atoms with Crippen molar-refractivity contribution in [2.75, 3.05) is 26.2 Å². The molecule has 0 bridgehead atoms. The van der Waals surface area contributed by atoms with Crippen LogP contribution >= 0.6 is 0 Å². The van der Waals surface area contributed by atoms with E-state index in [4.69, 9.17) is 4.74 Å². The van der Waals surface area contributed by atoms with Crippen LogP contribution in [0.2, 0.25) is 0 Å². The molecule has 6 nitrogen and oxygen atoms in total. The zero-order valence-electron chi connectivity index (χ0n) is 15.8. The molecular weight excluding hydrogens is 375 g/mol. The Morgan fingerprint density at radius 3 is 2.14 bits per heavy atom. The Morgan fingerprint density at radius 2 is 1.55 bits per heavy atom. The van der Waals surface area contributed by atoms with Crippen LogP contribution in [-0.2, 0) is 4.79 Å². The Bertz CT molecular complexity index is 901. The molecule has 2 aliphatic rings. The van der Waals surface area contributed by atoms with Crippen molar-refractivity contribution in [1.29, 1.82) is 0 Å². The number of piperidine rings is 1. The fourth-order valence-corrected chi connectivity index (χ4v) is 3.71. The maximum Gasteiger partial charge on any atom is 0.262 e. The summed E-state index contributed by atoms with van der Waals surface area (Å²) in [5, 5.41) is 0. The minimum absolute atomic E-state index is 0.225. The van der Waals surface area contributed by atoms with Gasteiger partial charge >= 0.3 is 0 Å². The highest BCUT2D eigenvalue weighted by Gasteiger charge is 2.37. The first-order valence-electron chi connectivity index (χ1n) is 9.64. The summed E-state index contributed by atoms with van der Waals surface area (Å²) >= 11 is 0. The Balaban J connectivity index is 1.27. The molecule has 0 saturated carbocycles. The van der Waals surface area contributed by atoms with Crippen LogP contribution in [0.25, 0.3) is 0 Å². The third-order valence-corrected chi connectivity index (χ3v) is 5.44. The first-order chi connectivity index (χ1) is 14.0. The van der Waals surface area contributed by atoms with Crippen molar-refractivity contribution in [3.8, 4) is 5.75 Å². The van der Waals surface area contributed by atoms with Gasteiger partial charge in [0.05, 0.1) is 17.7 Å². The van der Waals surface area contributed by atoms with Crippen molar-refractivity contribution in [3.63, 3.8) is 0 Å². The van der Waals surface area contributed by atoms with E-state index in [1.165, 1.54) is 12.1 Å². The van der Waals surface area contributed by atoms with E-state index in [0.717, 1.165) is 17.7 Å². The number of halogens is 1. The Morgan fingerprint density at radius 1 is 0.966 bits per heavy atom. The molecule has 1 fully saturated rings. The highest BCUT2D eigenvalue weighted by molar-refractivity contribution is 6.22. The molecule has 0 aliphatic carbocycles. The molecule has 0 spiro atoms. The number of hydrogen-bond donors (Lipinski definition) is 0. The predicted molar refractivity (Wildman–Crippen MR) is 103 cm³/mol. The normalized spacial score (nSPS) is 16.9. The molecule has 0 atom stereocenters. The van der Waals surface area contributed by atoms with E-state index in [1.54, 1.807) is 41.3 Å². The maximum atomic E-state index is 12.9. The summed E-state index contributed by atoms with van der Waals surface area (Å²) in [6.45, 7) is 1.38. The van der Waals surface area contributed by atoms with Gasteiger partial charge in [0.25, 0.3) is 11.8 Å². The third-order valence-electron chi connectivity index (χ3n) is 5.44. The number of carbonyl (C=O) groups excluding carboxylic acids is 3. The summed E-state index contributed by atoms with van der Waals surface area (Å²) < 4.78 is 18.6. The Hall–Kier alpha value is -3.22. The second-order valence-electron chi connectivity index (χ2n) is 7.33. The summed E-state index contributed by atoms with van der Waals surface area (Å²) in [5.41, 5.74) is 0.698. The summed E-state index contributed by atoms with van der Waals surface area (Å²) in [6, 6.07) is 12.5. The van der Waals surface area contributed by atoms with Crippen LogP contribution in [0, 0.1) is 11.7 Å². The van der Waals surface area contributed by atoms with Crippen molar-refractivity contribution in [1.82, 2.24) is 9.80 Å². The topological polar surface area (TPSA) is 66.9 Å². The number of likely N-dealkylation sites (tertiary alicyclic amines) is 1. The molecule has 1 saturated heterocycles. The fourth-order valence-electron chi connectivity index (χ4n) is 3.71. The van der Waals surface area contributed by atoms with Gasteiger partial charge in [-0.2, -0.15) is 0 Å². The van der Waals surface area contributed by atoms with Gasteiger partial charge < -0.3 is 9.64 Å². The average molecular weight is 396 g/mol. The lowest BCUT2D eigenvalue weighted by atomic mass is 9.97. The predicted octanol–water partition coefficient (Wildman–Crippen LogP) is 2.74. The highest BCUT2D eigenvalue weighted by Crippen LogP contribution is 2.24. The van der Waals surface area contributed by atoms with Gasteiger partial charge in [0, 0.05) is 13.1 Å². The van der Waals surface area contributed by atoms with Gasteiger partial charge in [0.1, 0.15) is 18.1 Å². The number of ether oxygens (including phenoxy) is 1. The summed E-state index contributed by atoms with van der Waals surface area (Å²) in [7, 11) is 0. The first-order valence-corrected chi connectivity index (χ1v) is 9.64. The zero-order valence-corrected chi connectivity index (χ0v) is 15.8. The van der Waals surface area contributed by atoms with Crippen LogP contribution in [0.15, 0.2) is 48.5 Å². The summed E-state index contributed by atoms with van der Waals surface area (Å²) in [6.07, 6.45) is 1.55. The van der Waals surface area contributed by atoms with E-state index < -0.39 is 11.8 Å². The standard InChI is InChI=1S/C22H21FN2O4/c23-16-5-7-17(8-6-16)29-14-15-9-11-24(12-10-15)20(26)13-25-21(27)18-3-1-2-4-19(18)22(25)28/h1-8,15H,9-14H2. The van der Waals surface area contributed by atoms with Crippen LogP contribution in [0.5, 0.6) is 5.75 Å². The SMILES string of the molecule is O=C(CN1C(=O)c2ccccc2C1=O)N1CCC(COc2ccc(F)cc2)CC1. The van der Waals surface area contributed by atoms with E-state index >= 15 is 0 Å². The smallest absolute Gasteiger partial charge is 0.262 e. The minimum atomic E-state index is -0.415. The largest absolute Gasteiger partial charge is 0.493 e. The lowest BCUT2D eigenvalue weighted by Crippen LogP contribution is -2.46. The van der Waals surface area contributed by atoms with E-state index in [9.17, 15) is 18.8 Å². The molecular formula is C22H21FN2O4. The Kier molecular flexibility index (Phi) is 5.29. The molecule has 2 heterocycles. The number of carbonyl (C=O) groups is 3. The first kappa shape index (κ1) is 19.1. The summed E-state index contributed by atoms with van der Waals surface area (Å²) in [4.78, 5) is 40.2. The molecule has 0 aromatic heterocycles. The quantitative estimate of drug-likeness (QED) is 0.729. The van der Waals surface area contributed by atoms with E-state index in [1.807, 2.05) is 0 Å². The molecule has 2 aromatic rings. The second-order valence-corrected chi connectivity index (χ2v) is 7.33. The number of fused-ring (bicyclic) bond motifs is 1. The average Bonchev–Trinajstić information content (AvgIpc) is 2.99. The van der Waals surface area contributed by atoms with Crippen LogP contribution in [-0.4, -0.2) is 53.8 Å². The van der Waals surface area contributed by atoms with Gasteiger partial charge in [0.2, 0.25) is 5.91 Å². The van der Waals surface area contributed by atoms with Crippen LogP contribution in [0.1, 0.15) is 33.6 Å². The van der Waals surface area contributed by atoms with Gasteiger partial charge in [-0.05, 0) is 55.2 Å². The minimum Gasteiger partial charge on any atom is -0.493 e. The van der Waals surface area contributed by atoms with Gasteiger partial charge in [-0.25, -0.2) is 4.39 Å². The van der Waals surface area contributed by atoms with Gasteiger partial charge in [-0.15, -0.1) is 0 Å².